The second-order valence-electron chi connectivity index (χ2n) is 6.05. The molecule has 0 heterocycles. The lowest BCUT2D eigenvalue weighted by molar-refractivity contribution is 0.604. The van der Waals surface area contributed by atoms with E-state index in [4.69, 9.17) is 5.73 Å². The van der Waals surface area contributed by atoms with Crippen molar-refractivity contribution in [3.63, 3.8) is 0 Å². The minimum absolute atomic E-state index is 0.503. The topological polar surface area (TPSA) is 26.0 Å². The highest BCUT2D eigenvalue weighted by molar-refractivity contribution is 5.87. The molecule has 0 bridgehead atoms. The Hall–Kier alpha value is -2.12. The number of rotatable bonds is 2. The van der Waals surface area contributed by atoms with E-state index < -0.39 is 5.54 Å². The molecule has 3 aromatic rings. The standard InChI is InChI=1S/C20H21N/c1-14-11-12-15(2)19(13-14)20(3,21)18-10-6-8-16-7-4-5-9-17(16)18/h4-13H,21H2,1-3H3. The van der Waals surface area contributed by atoms with E-state index in [2.05, 4.69) is 81.4 Å². The second kappa shape index (κ2) is 5.01. The van der Waals surface area contributed by atoms with Crippen molar-refractivity contribution >= 4 is 10.8 Å². The molecule has 0 saturated heterocycles. The number of hydrogen-bond donors (Lipinski definition) is 1. The Morgan fingerprint density at radius 1 is 0.810 bits per heavy atom. The van der Waals surface area contributed by atoms with Gasteiger partial charge < -0.3 is 5.73 Å². The molecule has 0 radical (unpaired) electrons. The predicted octanol–water partition coefficient (Wildman–Crippen LogP) is 4.68. The van der Waals surface area contributed by atoms with Crippen molar-refractivity contribution in [3.8, 4) is 0 Å². The number of aryl methyl sites for hydroxylation is 2. The lowest BCUT2D eigenvalue weighted by Crippen LogP contribution is -2.35. The van der Waals surface area contributed by atoms with Gasteiger partial charge in [-0.15, -0.1) is 0 Å². The zero-order chi connectivity index (χ0) is 15.0. The maximum absolute atomic E-state index is 6.80. The Morgan fingerprint density at radius 3 is 2.33 bits per heavy atom. The molecule has 0 spiro atoms. The smallest absolute Gasteiger partial charge is 0.0645 e. The first-order valence-electron chi connectivity index (χ1n) is 7.35. The van der Waals surface area contributed by atoms with Gasteiger partial charge in [-0.1, -0.05) is 66.2 Å². The fourth-order valence-corrected chi connectivity index (χ4v) is 3.12. The van der Waals surface area contributed by atoms with Crippen LogP contribution in [0.3, 0.4) is 0 Å². The maximum atomic E-state index is 6.80. The minimum Gasteiger partial charge on any atom is -0.318 e. The average molecular weight is 275 g/mol. The molecule has 106 valence electrons. The minimum atomic E-state index is -0.503. The molecule has 1 heteroatoms. The van der Waals surface area contributed by atoms with Crippen LogP contribution in [-0.2, 0) is 5.54 Å². The zero-order valence-corrected chi connectivity index (χ0v) is 12.9. The Labute approximate surface area is 126 Å². The molecule has 1 unspecified atom stereocenters. The van der Waals surface area contributed by atoms with E-state index in [9.17, 15) is 0 Å². The van der Waals surface area contributed by atoms with Crippen LogP contribution in [0, 0.1) is 13.8 Å². The third-order valence-corrected chi connectivity index (χ3v) is 4.30. The van der Waals surface area contributed by atoms with Crippen LogP contribution in [0.2, 0.25) is 0 Å². The highest BCUT2D eigenvalue weighted by Crippen LogP contribution is 2.34. The van der Waals surface area contributed by atoms with E-state index in [-0.39, 0.29) is 0 Å². The molecular weight excluding hydrogens is 254 g/mol. The second-order valence-corrected chi connectivity index (χ2v) is 6.05. The van der Waals surface area contributed by atoms with Crippen LogP contribution >= 0.6 is 0 Å². The van der Waals surface area contributed by atoms with Gasteiger partial charge in [0, 0.05) is 0 Å². The van der Waals surface area contributed by atoms with Gasteiger partial charge in [-0.05, 0) is 48.2 Å². The first kappa shape index (κ1) is 13.8. The Balaban J connectivity index is 2.27. The molecule has 0 amide bonds. The summed E-state index contributed by atoms with van der Waals surface area (Å²) in [6.07, 6.45) is 0. The molecule has 0 fully saturated rings. The van der Waals surface area contributed by atoms with Gasteiger partial charge in [-0.2, -0.15) is 0 Å². The normalized spacial score (nSPS) is 14.1. The Bertz CT molecular complexity index is 795. The van der Waals surface area contributed by atoms with Crippen LogP contribution in [-0.4, -0.2) is 0 Å². The van der Waals surface area contributed by atoms with E-state index in [0.717, 1.165) is 0 Å². The largest absolute Gasteiger partial charge is 0.318 e. The Kier molecular flexibility index (Phi) is 3.30. The molecule has 2 N–H and O–H groups in total. The van der Waals surface area contributed by atoms with Crippen LogP contribution in [0.1, 0.15) is 29.2 Å². The molecule has 0 aliphatic rings. The van der Waals surface area contributed by atoms with E-state index in [1.165, 1.54) is 33.0 Å². The fraction of sp³-hybridized carbons (Fsp3) is 0.200. The highest BCUT2D eigenvalue weighted by Gasteiger charge is 2.27. The summed E-state index contributed by atoms with van der Waals surface area (Å²) < 4.78 is 0. The molecule has 0 aliphatic carbocycles. The molecule has 0 aromatic heterocycles. The monoisotopic (exact) mass is 275 g/mol. The van der Waals surface area contributed by atoms with Crippen LogP contribution < -0.4 is 5.73 Å². The summed E-state index contributed by atoms with van der Waals surface area (Å²) in [6.45, 7) is 6.35. The molecule has 3 rings (SSSR count). The quantitative estimate of drug-likeness (QED) is 0.722. The molecule has 0 saturated carbocycles. The van der Waals surface area contributed by atoms with Gasteiger partial charge >= 0.3 is 0 Å². The number of fused-ring (bicyclic) bond motifs is 1. The average Bonchev–Trinajstić information content (AvgIpc) is 2.49. The number of benzene rings is 3. The highest BCUT2D eigenvalue weighted by atomic mass is 14.7. The van der Waals surface area contributed by atoms with Gasteiger partial charge in [0.1, 0.15) is 0 Å². The third kappa shape index (κ3) is 2.34. The molecular formula is C20H21N. The summed E-state index contributed by atoms with van der Waals surface area (Å²) in [4.78, 5) is 0. The Morgan fingerprint density at radius 2 is 1.52 bits per heavy atom. The first-order valence-corrected chi connectivity index (χ1v) is 7.35. The summed E-state index contributed by atoms with van der Waals surface area (Å²) in [5, 5.41) is 2.46. The molecule has 21 heavy (non-hydrogen) atoms. The van der Waals surface area contributed by atoms with Crippen molar-refractivity contribution < 1.29 is 0 Å². The van der Waals surface area contributed by atoms with Crippen LogP contribution in [0.5, 0.6) is 0 Å². The van der Waals surface area contributed by atoms with Crippen molar-refractivity contribution in [1.29, 1.82) is 0 Å². The van der Waals surface area contributed by atoms with Gasteiger partial charge in [0.15, 0.2) is 0 Å². The molecule has 1 atom stereocenters. The maximum Gasteiger partial charge on any atom is 0.0645 e. The summed E-state index contributed by atoms with van der Waals surface area (Å²) in [5.74, 6) is 0. The first-order chi connectivity index (χ1) is 10.00. The van der Waals surface area contributed by atoms with Gasteiger partial charge in [-0.3, -0.25) is 0 Å². The molecule has 0 aliphatic heterocycles. The zero-order valence-electron chi connectivity index (χ0n) is 12.9. The van der Waals surface area contributed by atoms with Crippen LogP contribution in [0.15, 0.2) is 60.7 Å². The number of hydrogen-bond acceptors (Lipinski definition) is 1. The van der Waals surface area contributed by atoms with Crippen molar-refractivity contribution in [1.82, 2.24) is 0 Å². The number of nitrogens with two attached hydrogens (primary N) is 1. The summed E-state index contributed by atoms with van der Waals surface area (Å²) in [7, 11) is 0. The van der Waals surface area contributed by atoms with Gasteiger partial charge in [0.2, 0.25) is 0 Å². The van der Waals surface area contributed by atoms with Crippen molar-refractivity contribution in [2.45, 2.75) is 26.3 Å². The fourth-order valence-electron chi connectivity index (χ4n) is 3.12. The van der Waals surface area contributed by atoms with Crippen LogP contribution in [0.4, 0.5) is 0 Å². The van der Waals surface area contributed by atoms with E-state index in [1.807, 2.05) is 0 Å². The summed E-state index contributed by atoms with van der Waals surface area (Å²) in [5.41, 5.74) is 11.1. The molecule has 1 nitrogen and oxygen atoms in total. The van der Waals surface area contributed by atoms with Gasteiger partial charge in [-0.25, -0.2) is 0 Å². The van der Waals surface area contributed by atoms with Gasteiger partial charge in [0.25, 0.3) is 0 Å². The lowest BCUT2D eigenvalue weighted by Gasteiger charge is -2.29. The SMILES string of the molecule is Cc1ccc(C)c(C(C)(N)c2cccc3ccccc23)c1. The third-order valence-electron chi connectivity index (χ3n) is 4.30. The summed E-state index contributed by atoms with van der Waals surface area (Å²) in [6, 6.07) is 21.3. The summed E-state index contributed by atoms with van der Waals surface area (Å²) >= 11 is 0. The van der Waals surface area contributed by atoms with Crippen LogP contribution in [0.25, 0.3) is 10.8 Å². The predicted molar refractivity (Wildman–Crippen MR) is 90.5 cm³/mol. The van der Waals surface area contributed by atoms with E-state index >= 15 is 0 Å². The molecule has 3 aromatic carbocycles. The van der Waals surface area contributed by atoms with E-state index in [0.29, 0.717) is 0 Å². The van der Waals surface area contributed by atoms with Crippen molar-refractivity contribution in [2.75, 3.05) is 0 Å². The van der Waals surface area contributed by atoms with Crippen molar-refractivity contribution in [2.24, 2.45) is 5.73 Å². The van der Waals surface area contributed by atoms with E-state index in [1.54, 1.807) is 0 Å². The lowest BCUT2D eigenvalue weighted by atomic mass is 9.80. The van der Waals surface area contributed by atoms with Crippen molar-refractivity contribution in [3.05, 3.63) is 82.9 Å². The van der Waals surface area contributed by atoms with Gasteiger partial charge in [0.05, 0.1) is 5.54 Å².